The summed E-state index contributed by atoms with van der Waals surface area (Å²) in [6.45, 7) is 2.67. The number of carbonyl (C=O) groups is 4. The number of aromatic hydroxyl groups is 1. The van der Waals surface area contributed by atoms with Gasteiger partial charge in [-0.15, -0.1) is 23.1 Å². The number of allylic oxidation sites excluding steroid dienone is 2. The largest absolute Gasteiger partial charge is 0.503 e. The molecule has 2 aromatic rings. The van der Waals surface area contributed by atoms with E-state index < -0.39 is 57.7 Å². The van der Waals surface area contributed by atoms with Crippen molar-refractivity contribution in [3.63, 3.8) is 0 Å². The Morgan fingerprint density at radius 2 is 2.05 bits per heavy atom. The second-order valence-corrected chi connectivity index (χ2v) is 11.2. The smallest absolute Gasteiger partial charge is 0.352 e. The number of carboxylic acid groups (broad SMARTS) is 2. The van der Waals surface area contributed by atoms with Crippen molar-refractivity contribution in [2.45, 2.75) is 37.4 Å². The lowest BCUT2D eigenvalue weighted by atomic mass is 10.0. The second kappa shape index (κ2) is 11.5. The lowest BCUT2D eigenvalue weighted by molar-refractivity contribution is -0.161. The summed E-state index contributed by atoms with van der Waals surface area (Å²) < 4.78 is 1.52. The summed E-state index contributed by atoms with van der Waals surface area (Å²) in [5.41, 5.74) is 3.06. The quantitative estimate of drug-likeness (QED) is 0.139. The van der Waals surface area contributed by atoms with Crippen molar-refractivity contribution in [1.29, 1.82) is 0 Å². The molecule has 2 unspecified atom stereocenters. The van der Waals surface area contributed by atoms with Gasteiger partial charge >= 0.3 is 11.9 Å². The third-order valence-corrected chi connectivity index (χ3v) is 7.92. The van der Waals surface area contributed by atoms with Crippen LogP contribution in [0.25, 0.3) is 0 Å². The van der Waals surface area contributed by atoms with Crippen LogP contribution in [0, 0.1) is 0 Å². The number of thiazole rings is 1. The van der Waals surface area contributed by atoms with Gasteiger partial charge in [0, 0.05) is 29.9 Å². The van der Waals surface area contributed by atoms with Gasteiger partial charge in [-0.3, -0.25) is 19.3 Å². The highest BCUT2D eigenvalue weighted by Gasteiger charge is 2.54. The third kappa shape index (κ3) is 6.09. The Morgan fingerprint density at radius 1 is 1.32 bits per heavy atom. The number of amides is 2. The van der Waals surface area contributed by atoms with Crippen LogP contribution in [0.4, 0.5) is 5.13 Å². The van der Waals surface area contributed by atoms with E-state index in [1.165, 1.54) is 54.0 Å². The van der Waals surface area contributed by atoms with Crippen molar-refractivity contribution >= 4 is 57.7 Å². The number of anilines is 1. The lowest BCUT2D eigenvalue weighted by Gasteiger charge is -2.49. The minimum Gasteiger partial charge on any atom is -0.503 e. The van der Waals surface area contributed by atoms with Gasteiger partial charge < -0.3 is 35.8 Å². The number of β-lactam (4-membered cyclic amide) rings is 1. The zero-order valence-electron chi connectivity index (χ0n) is 21.5. The van der Waals surface area contributed by atoms with E-state index in [1.54, 1.807) is 12.2 Å². The Labute approximate surface area is 239 Å². The van der Waals surface area contributed by atoms with Crippen LogP contribution in [-0.2, 0) is 30.6 Å². The molecule has 41 heavy (non-hydrogen) atoms. The molecule has 17 heteroatoms. The fraction of sp³-hybridized carbons (Fsp3) is 0.292. The Bertz CT molecular complexity index is 1570. The summed E-state index contributed by atoms with van der Waals surface area (Å²) in [6.07, 6.45) is 5.86. The Hall–Kier alpha value is -4.64. The Balaban J connectivity index is 1.52. The van der Waals surface area contributed by atoms with Crippen LogP contribution < -0.4 is 16.5 Å². The molecule has 15 nitrogen and oxygen atoms in total. The molecule has 2 aliphatic heterocycles. The number of hydrogen-bond acceptors (Lipinski definition) is 12. The zero-order chi connectivity index (χ0) is 30.1. The molecule has 0 spiro atoms. The number of nitrogen functional groups attached to an aromatic ring is 1. The van der Waals surface area contributed by atoms with Gasteiger partial charge in [-0.2, -0.15) is 0 Å². The predicted octanol–water partition coefficient (Wildman–Crippen LogP) is 0.172. The van der Waals surface area contributed by atoms with Gasteiger partial charge in [0.15, 0.2) is 16.6 Å². The van der Waals surface area contributed by atoms with E-state index in [9.17, 15) is 39.3 Å². The number of thioether (sulfide) groups is 1. The predicted molar refractivity (Wildman–Crippen MR) is 147 cm³/mol. The Morgan fingerprint density at radius 3 is 2.66 bits per heavy atom. The van der Waals surface area contributed by atoms with Gasteiger partial charge in [0.1, 0.15) is 22.8 Å². The summed E-state index contributed by atoms with van der Waals surface area (Å²) in [4.78, 5) is 71.2. The molecule has 6 N–H and O–H groups in total. The van der Waals surface area contributed by atoms with Gasteiger partial charge in [-0.05, 0) is 19.4 Å². The van der Waals surface area contributed by atoms with Gasteiger partial charge in [0.05, 0.1) is 6.20 Å². The van der Waals surface area contributed by atoms with Crippen molar-refractivity contribution in [3.05, 3.63) is 63.2 Å². The highest BCUT2D eigenvalue weighted by Crippen LogP contribution is 2.40. The third-order valence-electron chi connectivity index (χ3n) is 5.94. The SMILES string of the molecule is CC(C)(O/N=C(\C(=O)NC1C(=O)N2C(C(=O)O)=C(/C=C/Cn3ccc(=O)c(O)c3)CSC12)c1csc(N)n1)C(=O)O. The molecular formula is C24H24N6O9S2. The maximum Gasteiger partial charge on any atom is 0.352 e. The van der Waals surface area contributed by atoms with Gasteiger partial charge in [-0.1, -0.05) is 17.3 Å². The number of carboxylic acids is 2. The zero-order valence-corrected chi connectivity index (χ0v) is 23.1. The number of fused-ring (bicyclic) bond motifs is 1. The topological polar surface area (TPSA) is 227 Å². The molecule has 4 heterocycles. The molecule has 0 aliphatic carbocycles. The average molecular weight is 605 g/mol. The van der Waals surface area contributed by atoms with E-state index in [4.69, 9.17) is 10.6 Å². The van der Waals surface area contributed by atoms with E-state index in [2.05, 4.69) is 15.5 Å². The van der Waals surface area contributed by atoms with Crippen LogP contribution in [0.5, 0.6) is 5.75 Å². The average Bonchev–Trinajstić information content (AvgIpc) is 3.34. The molecule has 4 rings (SSSR count). The van der Waals surface area contributed by atoms with Crippen LogP contribution in [0.1, 0.15) is 19.5 Å². The fourth-order valence-corrected chi connectivity index (χ4v) is 5.59. The van der Waals surface area contributed by atoms with Crippen molar-refractivity contribution in [3.8, 4) is 5.75 Å². The number of aliphatic carboxylic acids is 2. The van der Waals surface area contributed by atoms with E-state index in [1.807, 2.05) is 0 Å². The minimum absolute atomic E-state index is 0.000684. The number of hydrogen-bond donors (Lipinski definition) is 5. The standard InChI is InChI=1S/C24H24N6O9S2/c1-24(2,22(37)38)39-28-15(12-10-41-23(25)26-12)18(33)27-16-19(34)30-17(21(35)36)11(9-40-20(16)30)4-3-6-29-7-5-13(31)14(32)8-29/h3-5,7-8,10,16,20,32H,6,9H2,1-2H3,(H2,25,26)(H,27,33)(H,35,36)(H,37,38)/b4-3+,28-15-. The molecular weight excluding hydrogens is 580 g/mol. The summed E-state index contributed by atoms with van der Waals surface area (Å²) in [7, 11) is 0. The summed E-state index contributed by atoms with van der Waals surface area (Å²) in [5, 5.41) is 35.7. The first kappa shape index (κ1) is 29.3. The number of nitrogens with one attached hydrogen (secondary N) is 1. The van der Waals surface area contributed by atoms with Crippen LogP contribution in [0.2, 0.25) is 0 Å². The number of oxime groups is 1. The lowest BCUT2D eigenvalue weighted by Crippen LogP contribution is -2.71. The first-order valence-corrected chi connectivity index (χ1v) is 13.7. The highest BCUT2D eigenvalue weighted by molar-refractivity contribution is 8.00. The van der Waals surface area contributed by atoms with Crippen molar-refractivity contribution < 1.29 is 39.3 Å². The first-order chi connectivity index (χ1) is 19.3. The van der Waals surface area contributed by atoms with Crippen molar-refractivity contribution in [2.75, 3.05) is 11.5 Å². The molecule has 2 aromatic heterocycles. The molecule has 2 amide bonds. The van der Waals surface area contributed by atoms with Crippen LogP contribution >= 0.6 is 23.1 Å². The van der Waals surface area contributed by atoms with Gasteiger partial charge in [-0.25, -0.2) is 14.6 Å². The monoisotopic (exact) mass is 604 g/mol. The normalized spacial score (nSPS) is 19.1. The first-order valence-electron chi connectivity index (χ1n) is 11.8. The maximum absolute atomic E-state index is 13.2. The molecule has 216 valence electrons. The molecule has 2 atom stereocenters. The summed E-state index contributed by atoms with van der Waals surface area (Å²) in [6, 6.07) is 0.0861. The van der Waals surface area contributed by atoms with E-state index in [0.717, 1.165) is 16.2 Å². The van der Waals surface area contributed by atoms with Crippen LogP contribution in [0.3, 0.4) is 0 Å². The van der Waals surface area contributed by atoms with E-state index in [0.29, 0.717) is 5.57 Å². The van der Waals surface area contributed by atoms with Crippen LogP contribution in [0.15, 0.2) is 57.2 Å². The molecule has 2 aliphatic rings. The molecule has 0 aromatic carbocycles. The second-order valence-electron chi connectivity index (χ2n) is 9.25. The number of rotatable bonds is 10. The van der Waals surface area contributed by atoms with Gasteiger partial charge in [0.25, 0.3) is 11.8 Å². The highest BCUT2D eigenvalue weighted by atomic mass is 32.2. The Kier molecular flexibility index (Phi) is 8.20. The minimum atomic E-state index is -1.78. The molecule has 1 saturated heterocycles. The van der Waals surface area contributed by atoms with E-state index >= 15 is 0 Å². The molecule has 1 fully saturated rings. The van der Waals surface area contributed by atoms with E-state index in [-0.39, 0.29) is 28.8 Å². The fourth-order valence-electron chi connectivity index (χ4n) is 3.72. The number of aromatic nitrogens is 2. The number of nitrogens with two attached hydrogens (primary N) is 1. The number of carbonyl (C=O) groups excluding carboxylic acids is 2. The number of nitrogens with zero attached hydrogens (tertiary/aromatic N) is 4. The van der Waals surface area contributed by atoms with Gasteiger partial charge in [0.2, 0.25) is 11.0 Å². The number of pyridine rings is 1. The van der Waals surface area contributed by atoms with Crippen molar-refractivity contribution in [1.82, 2.24) is 19.8 Å². The van der Waals surface area contributed by atoms with Crippen molar-refractivity contribution in [2.24, 2.45) is 5.16 Å². The summed E-state index contributed by atoms with van der Waals surface area (Å²) in [5.74, 6) is -4.46. The molecule has 0 radical (unpaired) electrons. The summed E-state index contributed by atoms with van der Waals surface area (Å²) >= 11 is 2.23. The maximum atomic E-state index is 13.2. The van der Waals surface area contributed by atoms with Crippen LogP contribution in [-0.4, -0.2) is 82.0 Å². The molecule has 0 bridgehead atoms. The molecule has 0 saturated carbocycles.